The van der Waals surface area contributed by atoms with Gasteiger partial charge >= 0.3 is 6.01 Å². The third-order valence-electron chi connectivity index (χ3n) is 10.9. The maximum absolute atomic E-state index is 16.9. The lowest BCUT2D eigenvalue weighted by Crippen LogP contribution is -2.56. The first-order valence-electron chi connectivity index (χ1n) is 17.5. The molecule has 4 fully saturated rings. The Morgan fingerprint density at radius 2 is 1.86 bits per heavy atom. The van der Waals surface area contributed by atoms with Gasteiger partial charge in [-0.25, -0.2) is 8.78 Å². The van der Waals surface area contributed by atoms with Gasteiger partial charge in [-0.15, -0.1) is 11.3 Å². The number of thiophene rings is 1. The highest BCUT2D eigenvalue weighted by Gasteiger charge is 2.43. The van der Waals surface area contributed by atoms with Crippen LogP contribution in [0.2, 0.25) is 0 Å². The lowest BCUT2D eigenvalue weighted by Gasteiger charge is -2.43. The van der Waals surface area contributed by atoms with E-state index in [4.69, 9.17) is 20.2 Å². The first kappa shape index (κ1) is 33.5. The van der Waals surface area contributed by atoms with Gasteiger partial charge in [-0.05, 0) is 75.3 Å². The van der Waals surface area contributed by atoms with Crippen molar-refractivity contribution >= 4 is 43.1 Å². The van der Waals surface area contributed by atoms with Crippen LogP contribution >= 0.6 is 11.3 Å². The van der Waals surface area contributed by atoms with Crippen LogP contribution < -0.4 is 15.4 Å². The van der Waals surface area contributed by atoms with Crippen LogP contribution in [0.5, 0.6) is 6.01 Å². The average Bonchev–Trinajstić information content (AvgIpc) is 3.89. The minimum absolute atomic E-state index is 0.102. The molecular weight excluding hydrogens is 661 g/mol. The summed E-state index contributed by atoms with van der Waals surface area (Å²) < 4.78 is 41.8. The number of nitrogen functional groups attached to an aromatic ring is 1. The summed E-state index contributed by atoms with van der Waals surface area (Å²) in [5, 5.41) is 22.0. The summed E-state index contributed by atoms with van der Waals surface area (Å²) in [4.78, 5) is 16.3. The summed E-state index contributed by atoms with van der Waals surface area (Å²) in [7, 11) is 1.49. The molecule has 2 bridgehead atoms. The molecule has 264 valence electrons. The third-order valence-corrected chi connectivity index (χ3v) is 11.9. The smallest absolute Gasteiger partial charge is 0.318 e. The number of rotatable bonds is 5. The van der Waals surface area contributed by atoms with Crippen molar-refractivity contribution in [1.82, 2.24) is 19.8 Å². The minimum atomic E-state index is -0.786. The number of aromatic nitrogens is 2. The summed E-state index contributed by atoms with van der Waals surface area (Å²) in [5.41, 5.74) is 8.54. The van der Waals surface area contributed by atoms with Crippen LogP contribution in [0.15, 0.2) is 18.2 Å². The first-order chi connectivity index (χ1) is 24.0. The molecule has 4 saturated heterocycles. The van der Waals surface area contributed by atoms with Crippen molar-refractivity contribution in [2.45, 2.75) is 89.1 Å². The van der Waals surface area contributed by atoms with Crippen LogP contribution in [0, 0.1) is 17.1 Å². The van der Waals surface area contributed by atoms with Crippen molar-refractivity contribution in [3.05, 3.63) is 40.7 Å². The lowest BCUT2D eigenvalue weighted by atomic mass is 9.90. The lowest BCUT2D eigenvalue weighted by molar-refractivity contribution is 0.0292. The number of hydrogen-bond acceptors (Lipinski definition) is 11. The van der Waals surface area contributed by atoms with Gasteiger partial charge in [0.05, 0.1) is 36.9 Å². The van der Waals surface area contributed by atoms with E-state index in [-0.39, 0.29) is 30.2 Å². The Morgan fingerprint density at radius 1 is 1.10 bits per heavy atom. The number of fused-ring (bicyclic) bond motifs is 7. The summed E-state index contributed by atoms with van der Waals surface area (Å²) in [5.74, 6) is 0.186. The summed E-state index contributed by atoms with van der Waals surface area (Å²) >= 11 is 1.32. The number of aliphatic hydroxyl groups is 1. The number of likely N-dealkylation sites (tertiary alicyclic amines) is 1. The predicted molar refractivity (Wildman–Crippen MR) is 191 cm³/mol. The SMILES string of the molecule is COc1nc(N2C3CCC2CN(CC(C)(C)O)C3)c2c3c(c(-c4cccc5sc(N)c(C#N)c45)c(F)c2n1)COC3.FC1CC2CCCN2C1. The van der Waals surface area contributed by atoms with E-state index >= 15 is 4.39 Å². The van der Waals surface area contributed by atoms with Crippen molar-refractivity contribution in [2.75, 3.05) is 50.5 Å². The van der Waals surface area contributed by atoms with E-state index in [2.05, 4.69) is 25.8 Å². The van der Waals surface area contributed by atoms with E-state index in [1.807, 2.05) is 32.0 Å². The minimum Gasteiger partial charge on any atom is -0.467 e. The molecule has 0 aliphatic carbocycles. The molecule has 4 aromatic rings. The van der Waals surface area contributed by atoms with Crippen LogP contribution in [-0.2, 0) is 18.0 Å². The molecule has 0 radical (unpaired) electrons. The Labute approximate surface area is 294 Å². The van der Waals surface area contributed by atoms with E-state index in [1.165, 1.54) is 31.3 Å². The number of methoxy groups -OCH3 is 1. The second-order valence-corrected chi connectivity index (χ2v) is 16.0. The normalized spacial score (nSPS) is 24.8. The molecule has 2 aromatic carbocycles. The molecular formula is C37H43F2N7O3S. The van der Waals surface area contributed by atoms with Crippen LogP contribution in [-0.4, -0.2) is 94.6 Å². The zero-order valence-electron chi connectivity index (χ0n) is 28.7. The number of benzene rings is 2. The van der Waals surface area contributed by atoms with Crippen molar-refractivity contribution in [1.29, 1.82) is 5.26 Å². The van der Waals surface area contributed by atoms with Crippen molar-refractivity contribution in [3.63, 3.8) is 0 Å². The maximum Gasteiger partial charge on any atom is 0.318 e. The number of alkyl halides is 1. The fourth-order valence-electron chi connectivity index (χ4n) is 9.08. The number of halogens is 2. The zero-order chi connectivity index (χ0) is 34.9. The van der Waals surface area contributed by atoms with Gasteiger partial charge in [0.15, 0.2) is 5.82 Å². The number of nitrogens with zero attached hydrogens (tertiary/aromatic N) is 6. The largest absolute Gasteiger partial charge is 0.467 e. The summed E-state index contributed by atoms with van der Waals surface area (Å²) in [6.45, 7) is 8.23. The quantitative estimate of drug-likeness (QED) is 0.265. The maximum atomic E-state index is 16.9. The van der Waals surface area contributed by atoms with Crippen LogP contribution in [0.25, 0.3) is 32.1 Å². The molecule has 0 spiro atoms. The van der Waals surface area contributed by atoms with Crippen LogP contribution in [0.3, 0.4) is 0 Å². The Morgan fingerprint density at radius 3 is 2.56 bits per heavy atom. The van der Waals surface area contributed by atoms with Crippen molar-refractivity contribution < 1.29 is 23.4 Å². The molecule has 10 nitrogen and oxygen atoms in total. The molecule has 50 heavy (non-hydrogen) atoms. The van der Waals surface area contributed by atoms with Gasteiger partial charge in [0.1, 0.15) is 28.6 Å². The second kappa shape index (κ2) is 12.8. The molecule has 4 unspecified atom stereocenters. The average molecular weight is 704 g/mol. The van der Waals surface area contributed by atoms with Gasteiger partial charge in [0, 0.05) is 60.0 Å². The zero-order valence-corrected chi connectivity index (χ0v) is 29.5. The van der Waals surface area contributed by atoms with E-state index in [0.717, 1.165) is 54.7 Å². The molecule has 3 N–H and O–H groups in total. The number of ether oxygens (including phenoxy) is 2. The number of nitriles is 1. The number of hydrogen-bond donors (Lipinski definition) is 2. The predicted octanol–water partition coefficient (Wildman–Crippen LogP) is 5.76. The Balaban J connectivity index is 0.000000346. The molecule has 0 saturated carbocycles. The second-order valence-electron chi connectivity index (χ2n) is 15.0. The highest BCUT2D eigenvalue weighted by molar-refractivity contribution is 7.23. The fraction of sp³-hybridized carbons (Fsp3) is 0.541. The number of piperazine rings is 1. The Kier molecular flexibility index (Phi) is 8.59. The fourth-order valence-corrected chi connectivity index (χ4v) is 10.0. The van der Waals surface area contributed by atoms with Crippen LogP contribution in [0.1, 0.15) is 62.6 Å². The summed E-state index contributed by atoms with van der Waals surface area (Å²) in [6.07, 6.45) is 4.78. The number of nitrogens with two attached hydrogens (primary N) is 1. The highest BCUT2D eigenvalue weighted by atomic mass is 32.1. The summed E-state index contributed by atoms with van der Waals surface area (Å²) in [6, 6.07) is 8.85. The topological polar surface area (TPSA) is 124 Å². The molecule has 5 aliphatic heterocycles. The monoisotopic (exact) mass is 703 g/mol. The van der Waals surface area contributed by atoms with E-state index in [9.17, 15) is 14.8 Å². The van der Waals surface area contributed by atoms with E-state index < -0.39 is 17.6 Å². The van der Waals surface area contributed by atoms with Gasteiger partial charge < -0.3 is 25.2 Å². The molecule has 7 heterocycles. The highest BCUT2D eigenvalue weighted by Crippen LogP contribution is 2.48. The standard InChI is InChI=1S/C30H31FN6O3S.C7H12FN/c1-30(2,38)14-36-10-15-7-8-16(11-36)37(15)28-24-20-13-40-12-19(20)23(25(31)26(24)34-29(35-28)39-3)17-5-4-6-21-22(17)18(9-32)27(33)41-21;8-6-4-7-2-1-3-9(7)5-6/h4-6,15-16,38H,7-8,10-14,33H2,1-3H3;6-7H,1-5H2. The van der Waals surface area contributed by atoms with Gasteiger partial charge in [0.2, 0.25) is 0 Å². The molecule has 13 heteroatoms. The van der Waals surface area contributed by atoms with Gasteiger partial charge in [-0.1, -0.05) is 12.1 Å². The number of β-amino-alcohol motifs (C(OH)–C–C–N with tert-alkyl or cyclic N) is 1. The van der Waals surface area contributed by atoms with Gasteiger partial charge in [-0.2, -0.15) is 15.2 Å². The molecule has 5 aliphatic rings. The van der Waals surface area contributed by atoms with E-state index in [1.54, 1.807) is 0 Å². The Hall–Kier alpha value is -3.67. The van der Waals surface area contributed by atoms with E-state index in [0.29, 0.717) is 64.0 Å². The molecule has 0 amide bonds. The molecule has 9 rings (SSSR count). The Bertz CT molecular complexity index is 1980. The number of anilines is 2. The van der Waals surface area contributed by atoms with Gasteiger partial charge in [-0.3, -0.25) is 9.80 Å². The third kappa shape index (κ3) is 5.75. The molecule has 4 atom stereocenters. The van der Waals surface area contributed by atoms with Gasteiger partial charge in [0.25, 0.3) is 0 Å². The van der Waals surface area contributed by atoms with Crippen molar-refractivity contribution in [2.24, 2.45) is 0 Å². The first-order valence-corrected chi connectivity index (χ1v) is 18.4. The van der Waals surface area contributed by atoms with Crippen molar-refractivity contribution in [3.8, 4) is 23.2 Å². The van der Waals surface area contributed by atoms with Crippen LogP contribution in [0.4, 0.5) is 19.6 Å². The molecule has 2 aromatic heterocycles.